The van der Waals surface area contributed by atoms with Crippen LogP contribution in [0.4, 0.5) is 10.5 Å². The summed E-state index contributed by atoms with van der Waals surface area (Å²) in [7, 11) is -3.47. The van der Waals surface area contributed by atoms with Gasteiger partial charge in [0.2, 0.25) is 10.0 Å². The topological polar surface area (TPSA) is 87.3 Å². The average molecular weight is 353 g/mol. The first kappa shape index (κ1) is 17.5. The van der Waals surface area contributed by atoms with Crippen LogP contribution in [0.2, 0.25) is 0 Å². The number of carbonyl (C=O) groups is 1. The fraction of sp³-hybridized carbons (Fsp3) is 0.267. The van der Waals surface area contributed by atoms with Gasteiger partial charge in [-0.3, -0.25) is 0 Å². The molecular weight excluding hydrogens is 334 g/mol. The number of sulfonamides is 1. The van der Waals surface area contributed by atoms with Crippen molar-refractivity contribution in [2.24, 2.45) is 0 Å². The van der Waals surface area contributed by atoms with Crippen LogP contribution in [0.5, 0.6) is 0 Å². The molecule has 0 atom stereocenters. The van der Waals surface area contributed by atoms with Gasteiger partial charge in [-0.2, -0.15) is 0 Å². The van der Waals surface area contributed by atoms with Crippen LogP contribution < -0.4 is 15.4 Å². The summed E-state index contributed by atoms with van der Waals surface area (Å²) in [6.45, 7) is 3.95. The van der Waals surface area contributed by atoms with E-state index in [1.165, 1.54) is 11.3 Å². The van der Waals surface area contributed by atoms with Crippen LogP contribution in [0.15, 0.2) is 46.0 Å². The van der Waals surface area contributed by atoms with Gasteiger partial charge in [-0.1, -0.05) is 18.2 Å². The van der Waals surface area contributed by atoms with Crippen molar-refractivity contribution in [3.63, 3.8) is 0 Å². The van der Waals surface area contributed by atoms with Crippen molar-refractivity contribution in [2.75, 3.05) is 5.32 Å². The van der Waals surface area contributed by atoms with Gasteiger partial charge in [0.15, 0.2) is 0 Å². The summed E-state index contributed by atoms with van der Waals surface area (Å²) < 4.78 is 26.9. The molecule has 0 saturated carbocycles. The van der Waals surface area contributed by atoms with E-state index in [0.29, 0.717) is 9.90 Å². The Kier molecular flexibility index (Phi) is 5.75. The van der Waals surface area contributed by atoms with Crippen LogP contribution in [-0.4, -0.2) is 20.5 Å². The lowest BCUT2D eigenvalue weighted by atomic mass is 10.2. The van der Waals surface area contributed by atoms with Crippen LogP contribution in [0.1, 0.15) is 19.4 Å². The number of urea groups is 1. The first-order valence-corrected chi connectivity index (χ1v) is 9.43. The Morgan fingerprint density at radius 1 is 1.17 bits per heavy atom. The van der Waals surface area contributed by atoms with Crippen LogP contribution in [0, 0.1) is 0 Å². The molecule has 6 nitrogen and oxygen atoms in total. The minimum atomic E-state index is -3.47. The Labute approximate surface area is 140 Å². The van der Waals surface area contributed by atoms with Crippen LogP contribution in [0.25, 0.3) is 0 Å². The molecule has 1 heterocycles. The largest absolute Gasteiger partial charge is 0.336 e. The highest BCUT2D eigenvalue weighted by Gasteiger charge is 2.14. The van der Waals surface area contributed by atoms with Crippen molar-refractivity contribution in [1.82, 2.24) is 10.0 Å². The molecule has 0 saturated heterocycles. The Morgan fingerprint density at radius 2 is 1.87 bits per heavy atom. The molecule has 1 aromatic heterocycles. The number of benzene rings is 1. The summed E-state index contributed by atoms with van der Waals surface area (Å²) in [6.07, 6.45) is 0. The van der Waals surface area contributed by atoms with E-state index in [-0.39, 0.29) is 18.6 Å². The molecule has 23 heavy (non-hydrogen) atoms. The summed E-state index contributed by atoms with van der Waals surface area (Å²) in [5.74, 6) is 0. The molecule has 2 rings (SSSR count). The maximum atomic E-state index is 12.0. The molecule has 3 N–H and O–H groups in total. The summed E-state index contributed by atoms with van der Waals surface area (Å²) in [5.41, 5.74) is 1.45. The zero-order valence-electron chi connectivity index (χ0n) is 12.9. The minimum absolute atomic E-state index is 0.0564. The van der Waals surface area contributed by atoms with E-state index in [1.54, 1.807) is 41.8 Å². The van der Waals surface area contributed by atoms with E-state index in [9.17, 15) is 13.2 Å². The third kappa shape index (κ3) is 5.34. The zero-order chi connectivity index (χ0) is 16.9. The molecule has 0 bridgehead atoms. The number of nitrogens with one attached hydrogen (secondary N) is 3. The highest BCUT2D eigenvalue weighted by Crippen LogP contribution is 2.16. The third-order valence-electron chi connectivity index (χ3n) is 2.86. The van der Waals surface area contributed by atoms with Crippen molar-refractivity contribution < 1.29 is 13.2 Å². The molecule has 124 valence electrons. The lowest BCUT2D eigenvalue weighted by Gasteiger charge is -2.10. The van der Waals surface area contributed by atoms with Crippen LogP contribution in [0.3, 0.4) is 0 Å². The van der Waals surface area contributed by atoms with Gasteiger partial charge in [0.1, 0.15) is 4.21 Å². The molecule has 8 heteroatoms. The predicted molar refractivity (Wildman–Crippen MR) is 92.1 cm³/mol. The van der Waals surface area contributed by atoms with Gasteiger partial charge in [-0.05, 0) is 43.0 Å². The number of hydrogen-bond donors (Lipinski definition) is 3. The second-order valence-electron chi connectivity index (χ2n) is 5.21. The van der Waals surface area contributed by atoms with Gasteiger partial charge in [-0.15, -0.1) is 11.3 Å². The van der Waals surface area contributed by atoms with Crippen molar-refractivity contribution in [2.45, 2.75) is 30.6 Å². The minimum Gasteiger partial charge on any atom is -0.336 e. The van der Waals surface area contributed by atoms with Gasteiger partial charge in [0.05, 0.1) is 0 Å². The van der Waals surface area contributed by atoms with E-state index >= 15 is 0 Å². The van der Waals surface area contributed by atoms with Gasteiger partial charge < -0.3 is 10.6 Å². The molecule has 0 fully saturated rings. The summed E-state index contributed by atoms with van der Waals surface area (Å²) >= 11 is 1.17. The van der Waals surface area contributed by atoms with Gasteiger partial charge in [0, 0.05) is 18.3 Å². The van der Waals surface area contributed by atoms with Crippen molar-refractivity contribution in [3.05, 3.63) is 47.3 Å². The Hall–Kier alpha value is -1.90. The molecule has 2 aromatic rings. The van der Waals surface area contributed by atoms with E-state index in [4.69, 9.17) is 0 Å². The summed E-state index contributed by atoms with van der Waals surface area (Å²) in [4.78, 5) is 11.6. The third-order valence-corrected chi connectivity index (χ3v) is 5.66. The zero-order valence-corrected chi connectivity index (χ0v) is 14.5. The molecule has 0 unspecified atom stereocenters. The molecule has 0 aliphatic carbocycles. The highest BCUT2D eigenvalue weighted by molar-refractivity contribution is 7.91. The molecule has 2 amide bonds. The second kappa shape index (κ2) is 7.58. The average Bonchev–Trinajstić information content (AvgIpc) is 3.01. The predicted octanol–water partition coefficient (Wildman–Crippen LogP) is 2.76. The summed E-state index contributed by atoms with van der Waals surface area (Å²) in [6, 6.07) is 10.0. The first-order valence-electron chi connectivity index (χ1n) is 7.06. The number of carbonyl (C=O) groups excluding carboxylic acids is 1. The lowest BCUT2D eigenvalue weighted by molar-refractivity contribution is 0.250. The quantitative estimate of drug-likeness (QED) is 0.746. The highest BCUT2D eigenvalue weighted by atomic mass is 32.2. The van der Waals surface area contributed by atoms with Crippen molar-refractivity contribution >= 4 is 33.1 Å². The van der Waals surface area contributed by atoms with Gasteiger partial charge in [0.25, 0.3) is 0 Å². The SMILES string of the molecule is CC(C)NC(=O)Nc1ccc(CNS(=O)(=O)c2cccs2)cc1. The van der Waals surface area contributed by atoms with Crippen molar-refractivity contribution in [1.29, 1.82) is 0 Å². The standard InChI is InChI=1S/C15H19N3O3S2/c1-11(2)17-15(19)18-13-7-5-12(6-8-13)10-16-23(20,21)14-4-3-9-22-14/h3-9,11,16H,10H2,1-2H3,(H2,17,18,19). The monoisotopic (exact) mass is 353 g/mol. The number of anilines is 1. The molecule has 1 aromatic carbocycles. The molecule has 0 aliphatic rings. The van der Waals surface area contributed by atoms with E-state index in [1.807, 2.05) is 13.8 Å². The number of rotatable bonds is 6. The maximum absolute atomic E-state index is 12.0. The van der Waals surface area contributed by atoms with Crippen LogP contribution >= 0.6 is 11.3 Å². The molecular formula is C15H19N3O3S2. The Morgan fingerprint density at radius 3 is 2.43 bits per heavy atom. The smallest absolute Gasteiger partial charge is 0.319 e. The summed E-state index contributed by atoms with van der Waals surface area (Å²) in [5, 5.41) is 7.15. The molecule has 0 radical (unpaired) electrons. The van der Waals surface area contributed by atoms with Gasteiger partial charge in [-0.25, -0.2) is 17.9 Å². The first-order chi connectivity index (χ1) is 10.9. The fourth-order valence-electron chi connectivity index (χ4n) is 1.80. The van der Waals surface area contributed by atoms with Crippen molar-refractivity contribution in [3.8, 4) is 0 Å². The Balaban J connectivity index is 1.92. The fourth-order valence-corrected chi connectivity index (χ4v) is 3.86. The second-order valence-corrected chi connectivity index (χ2v) is 8.15. The van der Waals surface area contributed by atoms with E-state index < -0.39 is 10.0 Å². The number of hydrogen-bond acceptors (Lipinski definition) is 4. The lowest BCUT2D eigenvalue weighted by Crippen LogP contribution is -2.34. The Bertz CT molecular complexity index is 739. The van der Waals surface area contributed by atoms with E-state index in [2.05, 4.69) is 15.4 Å². The van der Waals surface area contributed by atoms with Gasteiger partial charge >= 0.3 is 6.03 Å². The van der Waals surface area contributed by atoms with E-state index in [0.717, 1.165) is 5.56 Å². The van der Waals surface area contributed by atoms with Crippen LogP contribution in [-0.2, 0) is 16.6 Å². The maximum Gasteiger partial charge on any atom is 0.319 e. The number of amides is 2. The molecule has 0 spiro atoms. The number of thiophene rings is 1. The molecule has 0 aliphatic heterocycles. The normalized spacial score (nSPS) is 11.4.